The van der Waals surface area contributed by atoms with Crippen molar-refractivity contribution in [3.8, 4) is 17.2 Å². The van der Waals surface area contributed by atoms with Crippen molar-refractivity contribution in [2.75, 3.05) is 19.8 Å². The summed E-state index contributed by atoms with van der Waals surface area (Å²) >= 11 is 0. The van der Waals surface area contributed by atoms with E-state index in [9.17, 15) is 4.79 Å². The Kier molecular flexibility index (Phi) is 8.66. The van der Waals surface area contributed by atoms with E-state index in [1.807, 2.05) is 93.6 Å². The predicted octanol–water partition coefficient (Wildman–Crippen LogP) is 7.03. The number of rotatable bonds is 11. The molecule has 6 heteroatoms. The summed E-state index contributed by atoms with van der Waals surface area (Å²) in [5, 5.41) is 0. The molecule has 0 spiro atoms. The van der Waals surface area contributed by atoms with Gasteiger partial charge in [0.1, 0.15) is 17.2 Å². The molecule has 0 unspecified atom stereocenters. The zero-order valence-electron chi connectivity index (χ0n) is 19.7. The van der Waals surface area contributed by atoms with Crippen LogP contribution in [0.2, 0.25) is 0 Å². The van der Waals surface area contributed by atoms with Gasteiger partial charge in [0.2, 0.25) is 0 Å². The quantitative estimate of drug-likeness (QED) is 0.302. The second-order valence-corrected chi connectivity index (χ2v) is 9.77. The molecular formula is C27H32O5S. The van der Waals surface area contributed by atoms with Crippen molar-refractivity contribution in [3.05, 3.63) is 72.8 Å². The summed E-state index contributed by atoms with van der Waals surface area (Å²) in [7, 11) is -2.36. The molecule has 0 atom stereocenters. The molecule has 0 aliphatic carbocycles. The van der Waals surface area contributed by atoms with Gasteiger partial charge in [-0.1, -0.05) is 6.92 Å². The first-order valence-corrected chi connectivity index (χ1v) is 12.9. The smallest absolute Gasteiger partial charge is 0.316 e. The Hall–Kier alpha value is -3.12. The second-order valence-electron chi connectivity index (χ2n) is 7.08. The standard InChI is InChI=1S/C27H32O5S/c1-5-27(28)32-33(24-15-9-21(10-16-24)29-6-2,25-17-11-22(12-18-25)30-7-3)26-19-13-23(14-20-26)31-8-4/h9-20H,5-8H2,1-4H3. The van der Waals surface area contributed by atoms with Crippen molar-refractivity contribution in [2.24, 2.45) is 0 Å². The lowest BCUT2D eigenvalue weighted by Gasteiger charge is -2.40. The fourth-order valence-corrected chi connectivity index (χ4v) is 6.49. The van der Waals surface area contributed by atoms with Crippen molar-refractivity contribution < 1.29 is 23.2 Å². The fourth-order valence-electron chi connectivity index (χ4n) is 3.43. The Morgan fingerprint density at radius 3 is 1.12 bits per heavy atom. The summed E-state index contributed by atoms with van der Waals surface area (Å²) in [5.41, 5.74) is 0. The Labute approximate surface area is 198 Å². The number of ether oxygens (including phenoxy) is 3. The van der Waals surface area contributed by atoms with Crippen LogP contribution >= 0.6 is 10.3 Å². The van der Waals surface area contributed by atoms with E-state index in [0.29, 0.717) is 19.8 Å². The van der Waals surface area contributed by atoms with Crippen LogP contribution in [0.25, 0.3) is 0 Å². The van der Waals surface area contributed by atoms with Gasteiger partial charge in [-0.25, -0.2) is 0 Å². The van der Waals surface area contributed by atoms with E-state index in [-0.39, 0.29) is 12.4 Å². The van der Waals surface area contributed by atoms with Gasteiger partial charge >= 0.3 is 5.97 Å². The maximum absolute atomic E-state index is 12.8. The van der Waals surface area contributed by atoms with Gasteiger partial charge < -0.3 is 18.4 Å². The molecule has 3 aromatic rings. The van der Waals surface area contributed by atoms with Crippen molar-refractivity contribution in [1.82, 2.24) is 0 Å². The van der Waals surface area contributed by atoms with Gasteiger partial charge in [0.15, 0.2) is 0 Å². The first-order chi connectivity index (χ1) is 16.1. The van der Waals surface area contributed by atoms with Gasteiger partial charge in [-0.15, -0.1) is 0 Å². The minimum Gasteiger partial charge on any atom is -0.494 e. The Balaban J connectivity index is 2.22. The molecular weight excluding hydrogens is 436 g/mol. The van der Waals surface area contributed by atoms with Crippen molar-refractivity contribution in [2.45, 2.75) is 48.8 Å². The van der Waals surface area contributed by atoms with E-state index < -0.39 is 10.3 Å². The average molecular weight is 469 g/mol. The molecule has 176 valence electrons. The van der Waals surface area contributed by atoms with Crippen LogP contribution in [0.3, 0.4) is 0 Å². The SMILES string of the molecule is CCOc1ccc(S(OC(=O)CC)(c2ccc(OCC)cc2)c2ccc(OCC)cc2)cc1. The summed E-state index contributed by atoms with van der Waals surface area (Å²) in [6, 6.07) is 23.4. The van der Waals surface area contributed by atoms with Crippen molar-refractivity contribution in [1.29, 1.82) is 0 Å². The Morgan fingerprint density at radius 1 is 0.576 bits per heavy atom. The number of hydrogen-bond acceptors (Lipinski definition) is 5. The molecule has 5 nitrogen and oxygen atoms in total. The molecule has 0 bridgehead atoms. The molecule has 3 aromatic carbocycles. The number of carbonyl (C=O) groups is 1. The summed E-state index contributed by atoms with van der Waals surface area (Å²) in [6.07, 6.45) is 0.278. The lowest BCUT2D eigenvalue weighted by Crippen LogP contribution is -2.13. The van der Waals surface area contributed by atoms with Gasteiger partial charge in [0.05, 0.1) is 19.8 Å². The number of carbonyl (C=O) groups excluding carboxylic acids is 1. The molecule has 33 heavy (non-hydrogen) atoms. The molecule has 0 N–H and O–H groups in total. The van der Waals surface area contributed by atoms with Crippen LogP contribution in [0.15, 0.2) is 87.5 Å². The number of benzene rings is 3. The summed E-state index contributed by atoms with van der Waals surface area (Å²) in [6.45, 7) is 9.41. The molecule has 0 saturated carbocycles. The van der Waals surface area contributed by atoms with Gasteiger partial charge in [0, 0.05) is 21.1 Å². The van der Waals surface area contributed by atoms with Gasteiger partial charge in [0.25, 0.3) is 0 Å². The molecule has 0 heterocycles. The third kappa shape index (κ3) is 5.63. The van der Waals surface area contributed by atoms with Crippen LogP contribution in [0.1, 0.15) is 34.1 Å². The van der Waals surface area contributed by atoms with Crippen LogP contribution in [0.4, 0.5) is 0 Å². The fraction of sp³-hybridized carbons (Fsp3) is 0.296. The van der Waals surface area contributed by atoms with Crippen molar-refractivity contribution in [3.63, 3.8) is 0 Å². The van der Waals surface area contributed by atoms with Crippen molar-refractivity contribution >= 4 is 16.3 Å². The molecule has 0 aliphatic heterocycles. The average Bonchev–Trinajstić information content (AvgIpc) is 2.85. The zero-order valence-corrected chi connectivity index (χ0v) is 20.5. The first kappa shape index (κ1) is 24.5. The number of hydrogen-bond donors (Lipinski definition) is 0. The molecule has 0 saturated heterocycles. The summed E-state index contributed by atoms with van der Waals surface area (Å²) in [4.78, 5) is 15.5. The van der Waals surface area contributed by atoms with Crippen LogP contribution in [0.5, 0.6) is 17.2 Å². The van der Waals surface area contributed by atoms with Gasteiger partial charge in [-0.2, -0.15) is 0 Å². The van der Waals surface area contributed by atoms with Crippen LogP contribution in [0, 0.1) is 0 Å². The maximum Gasteiger partial charge on any atom is 0.316 e. The third-order valence-electron chi connectivity index (χ3n) is 4.91. The topological polar surface area (TPSA) is 54.0 Å². The lowest BCUT2D eigenvalue weighted by atomic mass is 10.3. The monoisotopic (exact) mass is 468 g/mol. The largest absolute Gasteiger partial charge is 0.494 e. The normalized spacial score (nSPS) is 11.5. The Bertz CT molecular complexity index is 893. The van der Waals surface area contributed by atoms with E-state index in [1.54, 1.807) is 6.92 Å². The van der Waals surface area contributed by atoms with Crippen LogP contribution in [-0.4, -0.2) is 25.8 Å². The zero-order chi connectivity index (χ0) is 23.7. The molecule has 0 radical (unpaired) electrons. The highest BCUT2D eigenvalue weighted by atomic mass is 32.3. The molecule has 0 aromatic heterocycles. The first-order valence-electron chi connectivity index (χ1n) is 11.3. The highest BCUT2D eigenvalue weighted by molar-refractivity contribution is 8.30. The van der Waals surface area contributed by atoms with E-state index in [2.05, 4.69) is 0 Å². The van der Waals surface area contributed by atoms with E-state index in [1.165, 1.54) is 0 Å². The molecule has 0 amide bonds. The molecule has 0 fully saturated rings. The second kappa shape index (κ2) is 11.7. The molecule has 0 aliphatic rings. The van der Waals surface area contributed by atoms with Gasteiger partial charge in [-0.3, -0.25) is 4.79 Å². The van der Waals surface area contributed by atoms with E-state index >= 15 is 0 Å². The minimum atomic E-state index is -2.36. The van der Waals surface area contributed by atoms with Crippen LogP contribution < -0.4 is 14.2 Å². The minimum absolute atomic E-state index is 0.262. The highest BCUT2D eigenvalue weighted by Crippen LogP contribution is 2.69. The predicted molar refractivity (Wildman–Crippen MR) is 132 cm³/mol. The lowest BCUT2D eigenvalue weighted by molar-refractivity contribution is -0.133. The Morgan fingerprint density at radius 2 is 0.879 bits per heavy atom. The summed E-state index contributed by atoms with van der Waals surface area (Å²) < 4.78 is 23.3. The highest BCUT2D eigenvalue weighted by Gasteiger charge is 2.35. The third-order valence-corrected chi connectivity index (χ3v) is 8.15. The van der Waals surface area contributed by atoms with E-state index in [0.717, 1.165) is 31.9 Å². The van der Waals surface area contributed by atoms with E-state index in [4.69, 9.17) is 18.4 Å². The van der Waals surface area contributed by atoms with Crippen LogP contribution in [-0.2, 0) is 8.98 Å². The van der Waals surface area contributed by atoms with Gasteiger partial charge in [-0.05, 0) is 104 Å². The molecule has 3 rings (SSSR count). The summed E-state index contributed by atoms with van der Waals surface area (Å²) in [5.74, 6) is 2.06. The maximum atomic E-state index is 12.8.